The Morgan fingerprint density at radius 3 is 2.48 bits per heavy atom. The molecule has 1 aromatic heterocycles. The Morgan fingerprint density at radius 1 is 1.24 bits per heavy atom. The van der Waals surface area contributed by atoms with Crippen molar-refractivity contribution in [2.45, 2.75) is 30.5 Å². The second kappa shape index (κ2) is 5.49. The van der Waals surface area contributed by atoms with Crippen molar-refractivity contribution in [2.24, 2.45) is 0 Å². The first kappa shape index (κ1) is 16.1. The summed E-state index contributed by atoms with van der Waals surface area (Å²) in [5, 5.41) is -0.209. The van der Waals surface area contributed by atoms with Gasteiger partial charge in [0, 0.05) is 29.8 Å². The first-order valence-corrected chi connectivity index (χ1v) is 8.19. The monoisotopic (exact) mass is 343 g/mol. The molecule has 0 fully saturated rings. The van der Waals surface area contributed by atoms with Crippen LogP contribution in [-0.2, 0) is 15.6 Å². The maximum Gasteiger partial charge on any atom is 0.389 e. The van der Waals surface area contributed by atoms with Gasteiger partial charge in [0.2, 0.25) is 0 Å². The molecule has 0 spiro atoms. The Kier molecular flexibility index (Phi) is 4.21. The van der Waals surface area contributed by atoms with E-state index in [4.69, 9.17) is 10.7 Å². The van der Waals surface area contributed by atoms with Gasteiger partial charge in [-0.05, 0) is 18.6 Å². The zero-order valence-electron chi connectivity index (χ0n) is 10.5. The first-order valence-electron chi connectivity index (χ1n) is 5.88. The third-order valence-corrected chi connectivity index (χ3v) is 4.28. The molecule has 116 valence electrons. The highest BCUT2D eigenvalue weighted by Crippen LogP contribution is 2.31. The van der Waals surface area contributed by atoms with Gasteiger partial charge in [-0.25, -0.2) is 12.8 Å². The van der Waals surface area contributed by atoms with Gasteiger partial charge in [0.05, 0.1) is 10.9 Å². The largest absolute Gasteiger partial charge is 0.389 e. The Morgan fingerprint density at radius 2 is 1.90 bits per heavy atom. The third-order valence-electron chi connectivity index (χ3n) is 2.94. The lowest BCUT2D eigenvalue weighted by Crippen LogP contribution is -2.09. The SMILES string of the molecule is O=S(=O)(Cl)c1cn(CCCC(F)(F)F)c2cccc(F)c12. The van der Waals surface area contributed by atoms with Gasteiger partial charge < -0.3 is 4.57 Å². The van der Waals surface area contributed by atoms with E-state index in [0.717, 1.165) is 12.3 Å². The van der Waals surface area contributed by atoms with Crippen LogP contribution in [0.4, 0.5) is 17.6 Å². The fourth-order valence-corrected chi connectivity index (χ4v) is 3.14. The van der Waals surface area contributed by atoms with Crippen LogP contribution in [0.5, 0.6) is 0 Å². The molecular weight excluding hydrogens is 334 g/mol. The molecule has 0 aliphatic heterocycles. The summed E-state index contributed by atoms with van der Waals surface area (Å²) in [4.78, 5) is -0.440. The van der Waals surface area contributed by atoms with Gasteiger partial charge in [0.25, 0.3) is 9.05 Å². The van der Waals surface area contributed by atoms with Gasteiger partial charge in [0.1, 0.15) is 10.7 Å². The van der Waals surface area contributed by atoms with E-state index in [1.807, 2.05) is 0 Å². The van der Waals surface area contributed by atoms with Crippen LogP contribution in [0.1, 0.15) is 12.8 Å². The summed E-state index contributed by atoms with van der Waals surface area (Å²) < 4.78 is 74.4. The molecule has 0 unspecified atom stereocenters. The lowest BCUT2D eigenvalue weighted by atomic mass is 10.2. The zero-order chi connectivity index (χ0) is 15.8. The van der Waals surface area contributed by atoms with Gasteiger partial charge in [0.15, 0.2) is 0 Å². The molecular formula is C12H10ClF4NO2S. The second-order valence-corrected chi connectivity index (χ2v) is 7.01. The normalized spacial score (nSPS) is 13.0. The minimum atomic E-state index is -4.30. The number of aromatic nitrogens is 1. The van der Waals surface area contributed by atoms with Crippen molar-refractivity contribution < 1.29 is 26.0 Å². The van der Waals surface area contributed by atoms with Crippen molar-refractivity contribution >= 4 is 30.6 Å². The number of alkyl halides is 3. The number of halogens is 5. The van der Waals surface area contributed by atoms with Crippen LogP contribution >= 0.6 is 10.7 Å². The standard InChI is InChI=1S/C12H10ClF4NO2S/c13-21(19,20)10-7-18(6-2-5-12(15,16)17)9-4-1-3-8(14)11(9)10/h1,3-4,7H,2,5-6H2. The summed E-state index contributed by atoms with van der Waals surface area (Å²) in [5.74, 6) is -0.790. The third kappa shape index (κ3) is 3.68. The summed E-state index contributed by atoms with van der Waals surface area (Å²) in [6, 6.07) is 3.84. The molecule has 2 aromatic rings. The highest BCUT2D eigenvalue weighted by Gasteiger charge is 2.27. The Hall–Kier alpha value is -1.28. The number of rotatable bonds is 4. The Labute approximate surface area is 122 Å². The maximum atomic E-state index is 13.8. The van der Waals surface area contributed by atoms with Crippen LogP contribution in [0.2, 0.25) is 0 Å². The van der Waals surface area contributed by atoms with Crippen LogP contribution in [-0.4, -0.2) is 19.2 Å². The fraction of sp³-hybridized carbons (Fsp3) is 0.333. The van der Waals surface area contributed by atoms with E-state index in [9.17, 15) is 26.0 Å². The highest BCUT2D eigenvalue weighted by molar-refractivity contribution is 8.14. The van der Waals surface area contributed by atoms with E-state index in [1.165, 1.54) is 16.7 Å². The molecule has 0 atom stereocenters. The van der Waals surface area contributed by atoms with Gasteiger partial charge in [-0.1, -0.05) is 6.07 Å². The lowest BCUT2D eigenvalue weighted by molar-refractivity contribution is -0.135. The van der Waals surface area contributed by atoms with Gasteiger partial charge in [-0.15, -0.1) is 0 Å². The van der Waals surface area contributed by atoms with E-state index >= 15 is 0 Å². The predicted octanol–water partition coefficient (Wildman–Crippen LogP) is 4.05. The number of nitrogens with zero attached hydrogens (tertiary/aromatic N) is 1. The summed E-state index contributed by atoms with van der Waals surface area (Å²) in [6.07, 6.45) is -4.49. The van der Waals surface area contributed by atoms with Crippen molar-refractivity contribution in [3.63, 3.8) is 0 Å². The average Bonchev–Trinajstić information content (AvgIpc) is 2.68. The van der Waals surface area contributed by atoms with Crippen LogP contribution < -0.4 is 0 Å². The van der Waals surface area contributed by atoms with Gasteiger partial charge in [-0.3, -0.25) is 0 Å². The second-order valence-electron chi connectivity index (χ2n) is 4.48. The molecule has 0 bridgehead atoms. The molecule has 0 N–H and O–H groups in total. The number of hydrogen-bond acceptors (Lipinski definition) is 2. The minimum Gasteiger partial charge on any atom is -0.346 e. The zero-order valence-corrected chi connectivity index (χ0v) is 12.1. The topological polar surface area (TPSA) is 39.1 Å². The molecule has 0 amide bonds. The van der Waals surface area contributed by atoms with Crippen molar-refractivity contribution in [3.8, 4) is 0 Å². The molecule has 1 aromatic carbocycles. The molecule has 3 nitrogen and oxygen atoms in total. The van der Waals surface area contributed by atoms with Crippen LogP contribution in [0.3, 0.4) is 0 Å². The number of benzene rings is 1. The van der Waals surface area contributed by atoms with E-state index in [2.05, 4.69) is 0 Å². The Bertz CT molecular complexity index is 767. The molecule has 9 heteroatoms. The van der Waals surface area contributed by atoms with Crippen LogP contribution in [0.15, 0.2) is 29.3 Å². The summed E-state index contributed by atoms with van der Waals surface area (Å²) in [5.41, 5.74) is 0.191. The van der Waals surface area contributed by atoms with Crippen LogP contribution in [0, 0.1) is 5.82 Å². The smallest absolute Gasteiger partial charge is 0.346 e. The van der Waals surface area contributed by atoms with E-state index in [1.54, 1.807) is 0 Å². The molecule has 1 heterocycles. The van der Waals surface area contributed by atoms with Crippen LogP contribution in [0.25, 0.3) is 10.9 Å². The summed E-state index contributed by atoms with van der Waals surface area (Å²) >= 11 is 0. The molecule has 0 saturated heterocycles. The van der Waals surface area contributed by atoms with Crippen molar-refractivity contribution in [3.05, 3.63) is 30.2 Å². The average molecular weight is 344 g/mol. The van der Waals surface area contributed by atoms with Gasteiger partial charge in [-0.2, -0.15) is 13.2 Å². The van der Waals surface area contributed by atoms with E-state index in [-0.39, 0.29) is 23.9 Å². The number of aryl methyl sites for hydroxylation is 1. The highest BCUT2D eigenvalue weighted by atomic mass is 35.7. The Balaban J connectivity index is 2.44. The molecule has 0 aliphatic carbocycles. The molecule has 0 aliphatic rings. The van der Waals surface area contributed by atoms with Crippen molar-refractivity contribution in [1.82, 2.24) is 4.57 Å². The van der Waals surface area contributed by atoms with Gasteiger partial charge >= 0.3 is 6.18 Å². The summed E-state index contributed by atoms with van der Waals surface area (Å²) in [7, 11) is 1.05. The number of fused-ring (bicyclic) bond motifs is 1. The molecule has 0 radical (unpaired) electrons. The fourth-order valence-electron chi connectivity index (χ4n) is 2.09. The molecule has 2 rings (SSSR count). The van der Waals surface area contributed by atoms with E-state index < -0.39 is 32.4 Å². The number of hydrogen-bond donors (Lipinski definition) is 0. The maximum absolute atomic E-state index is 13.8. The van der Waals surface area contributed by atoms with E-state index in [0.29, 0.717) is 0 Å². The first-order chi connectivity index (χ1) is 9.59. The lowest BCUT2D eigenvalue weighted by Gasteiger charge is -2.07. The molecule has 0 saturated carbocycles. The predicted molar refractivity (Wildman–Crippen MR) is 70.2 cm³/mol. The summed E-state index contributed by atoms with van der Waals surface area (Å²) in [6.45, 7) is -0.0914. The quantitative estimate of drug-likeness (QED) is 0.620. The van der Waals surface area contributed by atoms with Crippen molar-refractivity contribution in [1.29, 1.82) is 0 Å². The van der Waals surface area contributed by atoms with Crippen molar-refractivity contribution in [2.75, 3.05) is 0 Å². The molecule has 21 heavy (non-hydrogen) atoms. The minimum absolute atomic E-state index is 0.0914.